The summed E-state index contributed by atoms with van der Waals surface area (Å²) in [5.74, 6) is 0.0801. The van der Waals surface area contributed by atoms with E-state index in [0.717, 1.165) is 11.1 Å². The minimum Gasteiger partial charge on any atom is -0.351 e. The molecule has 158 valence electrons. The lowest BCUT2D eigenvalue weighted by Crippen LogP contribution is -2.26. The fraction of sp³-hybridized carbons (Fsp3) is 0.217. The number of thioether (sulfide) groups is 1. The average molecular weight is 451 g/mol. The van der Waals surface area contributed by atoms with Crippen molar-refractivity contribution in [1.29, 1.82) is 0 Å². The molecule has 1 amide bonds. The summed E-state index contributed by atoms with van der Waals surface area (Å²) in [7, 11) is 0. The molecule has 2 aromatic carbocycles. The number of aromatic nitrogens is 3. The van der Waals surface area contributed by atoms with Gasteiger partial charge in [-0.25, -0.2) is 4.98 Å². The number of fused-ring (bicyclic) bond motifs is 1. The first-order valence-corrected chi connectivity index (χ1v) is 11.7. The van der Waals surface area contributed by atoms with Crippen LogP contribution in [-0.2, 0) is 17.9 Å². The van der Waals surface area contributed by atoms with Crippen LogP contribution < -0.4 is 10.9 Å². The Hall–Kier alpha value is -2.97. The Kier molecular flexibility index (Phi) is 6.48. The standard InChI is InChI=1S/C23H22N4O2S2/c1-3-27-22(29)21-20(19(26-31-21)17-7-5-4-6-8-17)25-23(27)30-14-18(28)24-13-16-11-9-15(2)10-12-16/h4-12H,3,13-14H2,1-2H3,(H,24,28). The Bertz CT molecular complexity index is 1260. The molecule has 0 atom stereocenters. The smallest absolute Gasteiger partial charge is 0.273 e. The number of nitrogens with zero attached hydrogens (tertiary/aromatic N) is 3. The molecule has 2 heterocycles. The zero-order valence-electron chi connectivity index (χ0n) is 17.3. The van der Waals surface area contributed by atoms with E-state index in [-0.39, 0.29) is 17.2 Å². The summed E-state index contributed by atoms with van der Waals surface area (Å²) >= 11 is 2.44. The Morgan fingerprint density at radius 2 is 1.87 bits per heavy atom. The number of benzene rings is 2. The summed E-state index contributed by atoms with van der Waals surface area (Å²) in [5.41, 5.74) is 4.32. The highest BCUT2D eigenvalue weighted by Crippen LogP contribution is 2.29. The van der Waals surface area contributed by atoms with E-state index in [1.165, 1.54) is 28.9 Å². The van der Waals surface area contributed by atoms with Gasteiger partial charge in [-0.2, -0.15) is 4.37 Å². The second-order valence-electron chi connectivity index (χ2n) is 7.07. The third-order valence-corrected chi connectivity index (χ3v) is 6.65. The number of carbonyl (C=O) groups excluding carboxylic acids is 1. The molecular weight excluding hydrogens is 428 g/mol. The van der Waals surface area contributed by atoms with E-state index >= 15 is 0 Å². The number of hydrogen-bond donors (Lipinski definition) is 1. The summed E-state index contributed by atoms with van der Waals surface area (Å²) in [5, 5.41) is 3.46. The Morgan fingerprint density at radius 1 is 1.13 bits per heavy atom. The van der Waals surface area contributed by atoms with E-state index in [2.05, 4.69) is 9.69 Å². The van der Waals surface area contributed by atoms with Crippen molar-refractivity contribution in [2.24, 2.45) is 0 Å². The van der Waals surface area contributed by atoms with Crippen LogP contribution >= 0.6 is 23.3 Å². The normalized spacial score (nSPS) is 11.0. The number of amides is 1. The van der Waals surface area contributed by atoms with Gasteiger partial charge >= 0.3 is 0 Å². The van der Waals surface area contributed by atoms with Gasteiger partial charge in [-0.3, -0.25) is 14.2 Å². The van der Waals surface area contributed by atoms with Crippen molar-refractivity contribution in [2.75, 3.05) is 5.75 Å². The molecule has 0 unspecified atom stereocenters. The maximum absolute atomic E-state index is 13.0. The quantitative estimate of drug-likeness (QED) is 0.336. The van der Waals surface area contributed by atoms with Crippen molar-refractivity contribution < 1.29 is 4.79 Å². The van der Waals surface area contributed by atoms with Crippen molar-refractivity contribution in [1.82, 2.24) is 19.2 Å². The van der Waals surface area contributed by atoms with Crippen LogP contribution in [0.25, 0.3) is 21.5 Å². The lowest BCUT2D eigenvalue weighted by molar-refractivity contribution is -0.118. The maximum Gasteiger partial charge on any atom is 0.273 e. The average Bonchev–Trinajstić information content (AvgIpc) is 3.22. The van der Waals surface area contributed by atoms with Gasteiger partial charge < -0.3 is 5.32 Å². The van der Waals surface area contributed by atoms with E-state index in [4.69, 9.17) is 4.98 Å². The molecule has 1 N–H and O–H groups in total. The first-order chi connectivity index (χ1) is 15.1. The summed E-state index contributed by atoms with van der Waals surface area (Å²) < 4.78 is 6.62. The number of nitrogens with one attached hydrogen (secondary N) is 1. The van der Waals surface area contributed by atoms with Gasteiger partial charge in [-0.05, 0) is 30.9 Å². The Balaban J connectivity index is 1.54. The van der Waals surface area contributed by atoms with Gasteiger partial charge in [-0.1, -0.05) is 71.9 Å². The third-order valence-electron chi connectivity index (χ3n) is 4.85. The van der Waals surface area contributed by atoms with Gasteiger partial charge in [0.25, 0.3) is 5.56 Å². The molecule has 0 saturated carbocycles. The van der Waals surface area contributed by atoms with Crippen molar-refractivity contribution in [3.63, 3.8) is 0 Å². The lowest BCUT2D eigenvalue weighted by atomic mass is 10.1. The van der Waals surface area contributed by atoms with Crippen LogP contribution in [0.5, 0.6) is 0 Å². The fourth-order valence-electron chi connectivity index (χ4n) is 3.16. The zero-order chi connectivity index (χ0) is 21.8. The molecule has 4 rings (SSSR count). The van der Waals surface area contributed by atoms with Gasteiger partial charge in [-0.15, -0.1) is 0 Å². The van der Waals surface area contributed by atoms with E-state index in [9.17, 15) is 9.59 Å². The van der Waals surface area contributed by atoms with Gasteiger partial charge in [0, 0.05) is 18.7 Å². The molecule has 0 bridgehead atoms. The van der Waals surface area contributed by atoms with Crippen LogP contribution in [0.15, 0.2) is 64.5 Å². The second-order valence-corrected chi connectivity index (χ2v) is 8.79. The van der Waals surface area contributed by atoms with Gasteiger partial charge in [0.1, 0.15) is 15.9 Å². The second kappa shape index (κ2) is 9.45. The van der Waals surface area contributed by atoms with E-state index in [1.807, 2.05) is 68.4 Å². The molecule has 0 aliphatic heterocycles. The van der Waals surface area contributed by atoms with Crippen LogP contribution in [0.1, 0.15) is 18.1 Å². The summed E-state index contributed by atoms with van der Waals surface area (Å²) in [6.45, 7) is 4.88. The minimum absolute atomic E-state index is 0.102. The summed E-state index contributed by atoms with van der Waals surface area (Å²) in [6, 6.07) is 17.8. The van der Waals surface area contributed by atoms with E-state index < -0.39 is 0 Å². The van der Waals surface area contributed by atoms with Gasteiger partial charge in [0.05, 0.1) is 5.75 Å². The number of rotatable bonds is 7. The third kappa shape index (κ3) is 4.70. The molecule has 0 aliphatic carbocycles. The topological polar surface area (TPSA) is 76.9 Å². The first-order valence-electron chi connectivity index (χ1n) is 9.97. The van der Waals surface area contributed by atoms with Crippen molar-refractivity contribution >= 4 is 39.4 Å². The SMILES string of the molecule is CCn1c(SCC(=O)NCc2ccc(C)cc2)nc2c(-c3ccccc3)nsc2c1=O. The van der Waals surface area contributed by atoms with Crippen molar-refractivity contribution in [3.05, 3.63) is 76.1 Å². The molecule has 6 nitrogen and oxygen atoms in total. The fourth-order valence-corrected chi connectivity index (χ4v) is 4.83. The number of carbonyl (C=O) groups is 1. The molecular formula is C23H22N4O2S2. The molecule has 0 radical (unpaired) electrons. The van der Waals surface area contributed by atoms with E-state index in [0.29, 0.717) is 34.2 Å². The monoisotopic (exact) mass is 450 g/mol. The first kappa shape index (κ1) is 21.3. The maximum atomic E-state index is 13.0. The van der Waals surface area contributed by atoms with Crippen LogP contribution in [0.2, 0.25) is 0 Å². The predicted molar refractivity (Wildman–Crippen MR) is 127 cm³/mol. The molecule has 8 heteroatoms. The molecule has 0 aliphatic rings. The largest absolute Gasteiger partial charge is 0.351 e. The van der Waals surface area contributed by atoms with Crippen LogP contribution in [0.3, 0.4) is 0 Å². The number of aryl methyl sites for hydroxylation is 1. The highest BCUT2D eigenvalue weighted by molar-refractivity contribution is 7.99. The summed E-state index contributed by atoms with van der Waals surface area (Å²) in [4.78, 5) is 30.1. The molecule has 4 aromatic rings. The molecule has 31 heavy (non-hydrogen) atoms. The van der Waals surface area contributed by atoms with Crippen LogP contribution in [0.4, 0.5) is 0 Å². The lowest BCUT2D eigenvalue weighted by Gasteiger charge is -2.10. The van der Waals surface area contributed by atoms with E-state index in [1.54, 1.807) is 4.57 Å². The Morgan fingerprint density at radius 3 is 2.58 bits per heavy atom. The Labute approximate surface area is 188 Å². The van der Waals surface area contributed by atoms with Crippen molar-refractivity contribution in [3.8, 4) is 11.3 Å². The molecule has 0 spiro atoms. The van der Waals surface area contributed by atoms with Gasteiger partial charge in [0.2, 0.25) is 5.91 Å². The highest BCUT2D eigenvalue weighted by Gasteiger charge is 2.18. The van der Waals surface area contributed by atoms with Crippen LogP contribution in [0, 0.1) is 6.92 Å². The predicted octanol–water partition coefficient (Wildman–Crippen LogP) is 4.26. The molecule has 0 fully saturated rings. The molecule has 0 saturated heterocycles. The highest BCUT2D eigenvalue weighted by atomic mass is 32.2. The zero-order valence-corrected chi connectivity index (χ0v) is 18.9. The van der Waals surface area contributed by atoms with Gasteiger partial charge in [0.15, 0.2) is 5.16 Å². The van der Waals surface area contributed by atoms with Crippen molar-refractivity contribution in [2.45, 2.75) is 32.1 Å². The van der Waals surface area contributed by atoms with Crippen LogP contribution in [-0.4, -0.2) is 25.6 Å². The number of hydrogen-bond acceptors (Lipinski definition) is 6. The minimum atomic E-state index is -0.116. The summed E-state index contributed by atoms with van der Waals surface area (Å²) in [6.07, 6.45) is 0. The molecule has 2 aromatic heterocycles.